The highest BCUT2D eigenvalue weighted by Crippen LogP contribution is 2.36. The fourth-order valence-electron chi connectivity index (χ4n) is 3.18. The van der Waals surface area contributed by atoms with Gasteiger partial charge in [-0.1, -0.05) is 18.2 Å². The maximum atomic E-state index is 13.1. The number of benzene rings is 1. The molecule has 1 aromatic rings. The fraction of sp³-hybridized carbons (Fsp3) is 0.625. The zero-order chi connectivity index (χ0) is 15.6. The monoisotopic (exact) mass is 315 g/mol. The summed E-state index contributed by atoms with van der Waals surface area (Å²) in [6, 6.07) is 5.71. The number of morpholine rings is 1. The van der Waals surface area contributed by atoms with Crippen LogP contribution in [0, 0.1) is 5.92 Å². The molecule has 0 radical (unpaired) electrons. The zero-order valence-corrected chi connectivity index (χ0v) is 12.3. The Morgan fingerprint density at radius 1 is 1.18 bits per heavy atom. The van der Waals surface area contributed by atoms with Gasteiger partial charge in [-0.2, -0.15) is 13.2 Å². The summed E-state index contributed by atoms with van der Waals surface area (Å²) in [6.07, 6.45) is -3.84. The van der Waals surface area contributed by atoms with E-state index in [2.05, 4.69) is 4.90 Å². The Balaban J connectivity index is 1.72. The summed E-state index contributed by atoms with van der Waals surface area (Å²) in [4.78, 5) is 2.20. The van der Waals surface area contributed by atoms with Gasteiger partial charge in [0.1, 0.15) is 0 Å². The minimum atomic E-state index is -4.35. The number of rotatable bonds is 3. The third-order valence-corrected chi connectivity index (χ3v) is 4.30. The molecular formula is C16H20F3NO2. The van der Waals surface area contributed by atoms with Crippen LogP contribution in [0.4, 0.5) is 13.2 Å². The van der Waals surface area contributed by atoms with E-state index in [1.807, 2.05) is 0 Å². The van der Waals surface area contributed by atoms with Crippen molar-refractivity contribution in [3.8, 4) is 0 Å². The first kappa shape index (κ1) is 15.8. The minimum absolute atomic E-state index is 0.238. The van der Waals surface area contributed by atoms with E-state index in [0.29, 0.717) is 19.1 Å². The molecule has 6 heteroatoms. The molecule has 1 aromatic carbocycles. The molecule has 0 N–H and O–H groups in total. The van der Waals surface area contributed by atoms with Crippen LogP contribution in [0.1, 0.15) is 23.7 Å². The molecular weight excluding hydrogens is 295 g/mol. The quantitative estimate of drug-likeness (QED) is 0.855. The van der Waals surface area contributed by atoms with Crippen molar-refractivity contribution in [1.29, 1.82) is 0 Å². The summed E-state index contributed by atoms with van der Waals surface area (Å²) in [7, 11) is 0. The molecule has 0 unspecified atom stereocenters. The number of hydrogen-bond donors (Lipinski definition) is 0. The molecule has 3 rings (SSSR count). The van der Waals surface area contributed by atoms with Crippen molar-refractivity contribution in [1.82, 2.24) is 4.90 Å². The van der Waals surface area contributed by atoms with Crippen molar-refractivity contribution >= 4 is 0 Å². The fourth-order valence-corrected chi connectivity index (χ4v) is 3.18. The average molecular weight is 315 g/mol. The molecule has 2 saturated heterocycles. The smallest absolute Gasteiger partial charge is 0.381 e. The first-order valence-corrected chi connectivity index (χ1v) is 7.62. The molecule has 0 saturated carbocycles. The van der Waals surface area contributed by atoms with E-state index in [-0.39, 0.29) is 5.56 Å². The third-order valence-electron chi connectivity index (χ3n) is 4.30. The van der Waals surface area contributed by atoms with E-state index in [0.717, 1.165) is 38.8 Å². The van der Waals surface area contributed by atoms with Gasteiger partial charge in [0.2, 0.25) is 0 Å². The largest absolute Gasteiger partial charge is 0.416 e. The van der Waals surface area contributed by atoms with Crippen molar-refractivity contribution in [2.45, 2.75) is 18.7 Å². The van der Waals surface area contributed by atoms with Gasteiger partial charge in [-0.05, 0) is 24.0 Å². The number of hydrogen-bond acceptors (Lipinski definition) is 3. The van der Waals surface area contributed by atoms with E-state index in [1.165, 1.54) is 12.1 Å². The predicted molar refractivity (Wildman–Crippen MR) is 75.5 cm³/mol. The number of alkyl halides is 3. The van der Waals surface area contributed by atoms with Gasteiger partial charge in [-0.25, -0.2) is 0 Å². The van der Waals surface area contributed by atoms with Crippen molar-refractivity contribution in [3.05, 3.63) is 35.4 Å². The molecule has 0 amide bonds. The Morgan fingerprint density at radius 2 is 2.00 bits per heavy atom. The number of ether oxygens (including phenoxy) is 2. The summed E-state index contributed by atoms with van der Waals surface area (Å²) >= 11 is 0. The van der Waals surface area contributed by atoms with Gasteiger partial charge in [-0.3, -0.25) is 4.90 Å². The minimum Gasteiger partial charge on any atom is -0.381 e. The summed E-state index contributed by atoms with van der Waals surface area (Å²) < 4.78 is 50.4. The van der Waals surface area contributed by atoms with E-state index in [9.17, 15) is 13.2 Å². The van der Waals surface area contributed by atoms with Gasteiger partial charge in [0.25, 0.3) is 0 Å². The molecule has 2 fully saturated rings. The van der Waals surface area contributed by atoms with E-state index >= 15 is 0 Å². The molecule has 0 bridgehead atoms. The summed E-state index contributed by atoms with van der Waals surface area (Å²) in [5.41, 5.74) is -0.353. The molecule has 2 atom stereocenters. The van der Waals surface area contributed by atoms with Gasteiger partial charge < -0.3 is 9.47 Å². The highest BCUT2D eigenvalue weighted by molar-refractivity contribution is 5.32. The van der Waals surface area contributed by atoms with Crippen LogP contribution in [0.3, 0.4) is 0 Å². The maximum absolute atomic E-state index is 13.1. The molecule has 2 heterocycles. The van der Waals surface area contributed by atoms with E-state index < -0.39 is 17.8 Å². The molecule has 122 valence electrons. The first-order chi connectivity index (χ1) is 10.5. The standard InChI is InChI=1S/C16H20F3NO2/c17-16(18,19)14-4-2-1-3-13(14)15-10-20(6-8-22-15)9-12-5-7-21-11-12/h1-4,12,15H,5-11H2/t12-,15+/m1/s1. The van der Waals surface area contributed by atoms with Crippen LogP contribution in [0.5, 0.6) is 0 Å². The average Bonchev–Trinajstić information content (AvgIpc) is 3.00. The van der Waals surface area contributed by atoms with Crippen LogP contribution in [0.25, 0.3) is 0 Å². The van der Waals surface area contributed by atoms with Gasteiger partial charge >= 0.3 is 6.18 Å². The summed E-state index contributed by atoms with van der Waals surface area (Å²) in [6.45, 7) is 4.14. The Morgan fingerprint density at radius 3 is 2.73 bits per heavy atom. The maximum Gasteiger partial charge on any atom is 0.416 e. The third kappa shape index (κ3) is 3.62. The Kier molecular flexibility index (Phi) is 4.70. The number of nitrogens with zero attached hydrogens (tertiary/aromatic N) is 1. The SMILES string of the molecule is FC(F)(F)c1ccccc1[C@@H]1CN(C[C@H]2CCOC2)CCO1. The van der Waals surface area contributed by atoms with Gasteiger partial charge in [-0.15, -0.1) is 0 Å². The van der Waals surface area contributed by atoms with Crippen LogP contribution in [0.15, 0.2) is 24.3 Å². The first-order valence-electron chi connectivity index (χ1n) is 7.62. The second-order valence-corrected chi connectivity index (χ2v) is 5.93. The number of halogens is 3. The Hall–Kier alpha value is -1.11. The molecule has 0 spiro atoms. The van der Waals surface area contributed by atoms with Crippen molar-refractivity contribution < 1.29 is 22.6 Å². The van der Waals surface area contributed by atoms with Crippen molar-refractivity contribution in [2.75, 3.05) is 39.5 Å². The van der Waals surface area contributed by atoms with E-state index in [1.54, 1.807) is 6.07 Å². The summed E-state index contributed by atoms with van der Waals surface area (Å²) in [5.74, 6) is 0.483. The lowest BCUT2D eigenvalue weighted by atomic mass is 10.00. The lowest BCUT2D eigenvalue weighted by molar-refractivity contribution is -0.140. The van der Waals surface area contributed by atoms with Crippen LogP contribution < -0.4 is 0 Å². The van der Waals surface area contributed by atoms with Crippen LogP contribution in [-0.2, 0) is 15.7 Å². The lowest BCUT2D eigenvalue weighted by Crippen LogP contribution is -2.41. The molecule has 3 nitrogen and oxygen atoms in total. The molecule has 0 aromatic heterocycles. The van der Waals surface area contributed by atoms with Gasteiger partial charge in [0, 0.05) is 26.2 Å². The molecule has 22 heavy (non-hydrogen) atoms. The van der Waals surface area contributed by atoms with Gasteiger partial charge in [0.05, 0.1) is 24.9 Å². The lowest BCUT2D eigenvalue weighted by Gasteiger charge is -2.35. The second kappa shape index (κ2) is 6.56. The summed E-state index contributed by atoms with van der Waals surface area (Å²) in [5, 5.41) is 0. The van der Waals surface area contributed by atoms with E-state index in [4.69, 9.17) is 9.47 Å². The molecule has 2 aliphatic heterocycles. The van der Waals surface area contributed by atoms with Crippen molar-refractivity contribution in [3.63, 3.8) is 0 Å². The molecule has 0 aliphatic carbocycles. The zero-order valence-electron chi connectivity index (χ0n) is 12.3. The van der Waals surface area contributed by atoms with Crippen LogP contribution in [0.2, 0.25) is 0 Å². The van der Waals surface area contributed by atoms with Crippen molar-refractivity contribution in [2.24, 2.45) is 5.92 Å². The van der Waals surface area contributed by atoms with Crippen LogP contribution >= 0.6 is 0 Å². The highest BCUT2D eigenvalue weighted by Gasteiger charge is 2.36. The normalized spacial score (nSPS) is 27.2. The Bertz CT molecular complexity index is 500. The Labute approximate surface area is 128 Å². The second-order valence-electron chi connectivity index (χ2n) is 5.93. The topological polar surface area (TPSA) is 21.7 Å². The molecule has 2 aliphatic rings. The predicted octanol–water partition coefficient (Wildman–Crippen LogP) is 3.12. The van der Waals surface area contributed by atoms with Gasteiger partial charge in [0.15, 0.2) is 0 Å². The van der Waals surface area contributed by atoms with Crippen LogP contribution in [-0.4, -0.2) is 44.4 Å². The highest BCUT2D eigenvalue weighted by atomic mass is 19.4.